The van der Waals surface area contributed by atoms with Gasteiger partial charge in [-0.25, -0.2) is 0 Å². The van der Waals surface area contributed by atoms with Crippen molar-refractivity contribution in [3.8, 4) is 0 Å². The minimum atomic E-state index is 0.152. The van der Waals surface area contributed by atoms with Crippen LogP contribution < -0.4 is 5.73 Å². The maximum atomic E-state index is 5.81. The first-order valence-corrected chi connectivity index (χ1v) is 6.41. The third-order valence-corrected chi connectivity index (χ3v) is 4.37. The van der Waals surface area contributed by atoms with Gasteiger partial charge in [0, 0.05) is 17.9 Å². The van der Waals surface area contributed by atoms with E-state index in [0.29, 0.717) is 12.5 Å². The van der Waals surface area contributed by atoms with E-state index < -0.39 is 0 Å². The lowest BCUT2D eigenvalue weighted by Gasteiger charge is -2.05. The number of hydrogen-bond donors (Lipinski definition) is 1. The minimum Gasteiger partial charge on any atom is -0.329 e. The van der Waals surface area contributed by atoms with Gasteiger partial charge in [0.1, 0.15) is 5.01 Å². The molecule has 2 N–H and O–H groups in total. The lowest BCUT2D eigenvalue weighted by Crippen LogP contribution is -2.19. The van der Waals surface area contributed by atoms with Crippen molar-refractivity contribution in [1.29, 1.82) is 0 Å². The lowest BCUT2D eigenvalue weighted by molar-refractivity contribution is 0.658. The van der Waals surface area contributed by atoms with Crippen LogP contribution in [-0.4, -0.2) is 26.4 Å². The molecule has 2 aromatic heterocycles. The second-order valence-electron chi connectivity index (χ2n) is 4.80. The molecule has 1 saturated carbocycles. The molecule has 1 fully saturated rings. The Labute approximate surface area is 97.7 Å². The molecule has 0 saturated heterocycles. The first-order chi connectivity index (χ1) is 7.66. The lowest BCUT2D eigenvalue weighted by atomic mass is 10.1. The number of rotatable bonds is 3. The first-order valence-electron chi connectivity index (χ1n) is 5.59. The van der Waals surface area contributed by atoms with Crippen molar-refractivity contribution in [2.24, 2.45) is 5.73 Å². The molecule has 0 aliphatic heterocycles. The standard InChI is InChI=1S/C10H15N5S/c1-6(2)7-12-13-9-15(7)14-8(16-9)10(5-11)3-4-10/h6H,3-5,11H2,1-2H3. The van der Waals surface area contributed by atoms with Gasteiger partial charge in [-0.2, -0.15) is 9.61 Å². The topological polar surface area (TPSA) is 69.1 Å². The van der Waals surface area contributed by atoms with Gasteiger partial charge in [0.05, 0.1) is 0 Å². The van der Waals surface area contributed by atoms with Crippen LogP contribution in [0.3, 0.4) is 0 Å². The maximum absolute atomic E-state index is 5.81. The Kier molecular flexibility index (Phi) is 2.06. The summed E-state index contributed by atoms with van der Waals surface area (Å²) < 4.78 is 1.88. The molecule has 0 bridgehead atoms. The molecule has 1 aliphatic rings. The zero-order chi connectivity index (χ0) is 11.3. The summed E-state index contributed by atoms with van der Waals surface area (Å²) in [6.45, 7) is 4.89. The van der Waals surface area contributed by atoms with Crippen LogP contribution in [0.5, 0.6) is 0 Å². The van der Waals surface area contributed by atoms with Crippen molar-refractivity contribution in [1.82, 2.24) is 19.8 Å². The van der Waals surface area contributed by atoms with E-state index in [1.54, 1.807) is 11.3 Å². The van der Waals surface area contributed by atoms with E-state index in [1.165, 1.54) is 0 Å². The zero-order valence-electron chi connectivity index (χ0n) is 9.47. The second kappa shape index (κ2) is 3.24. The van der Waals surface area contributed by atoms with E-state index >= 15 is 0 Å². The molecule has 0 radical (unpaired) electrons. The molecule has 1 aliphatic carbocycles. The average molecular weight is 237 g/mol. The first kappa shape index (κ1) is 10.2. The van der Waals surface area contributed by atoms with Gasteiger partial charge >= 0.3 is 0 Å². The third kappa shape index (κ3) is 1.29. The fraction of sp³-hybridized carbons (Fsp3) is 0.700. The summed E-state index contributed by atoms with van der Waals surface area (Å²) in [4.78, 5) is 0.887. The molecule has 86 valence electrons. The summed E-state index contributed by atoms with van der Waals surface area (Å²) in [5, 5.41) is 14.1. The Bertz CT molecular complexity index is 522. The van der Waals surface area contributed by atoms with E-state index in [2.05, 4.69) is 29.1 Å². The van der Waals surface area contributed by atoms with E-state index in [9.17, 15) is 0 Å². The molecule has 2 heterocycles. The van der Waals surface area contributed by atoms with E-state index in [4.69, 9.17) is 5.73 Å². The number of hydrogen-bond acceptors (Lipinski definition) is 5. The predicted octanol–water partition coefficient (Wildman–Crippen LogP) is 1.30. The molecule has 16 heavy (non-hydrogen) atoms. The number of aromatic nitrogens is 4. The summed E-state index contributed by atoms with van der Waals surface area (Å²) in [5.74, 6) is 1.28. The Balaban J connectivity index is 2.10. The Hall–Kier alpha value is -1.01. The summed E-state index contributed by atoms with van der Waals surface area (Å²) in [7, 11) is 0. The van der Waals surface area contributed by atoms with Crippen LogP contribution in [0.4, 0.5) is 0 Å². The molecule has 6 heteroatoms. The van der Waals surface area contributed by atoms with Gasteiger partial charge in [-0.3, -0.25) is 0 Å². The molecule has 2 aromatic rings. The molecule has 0 amide bonds. The van der Waals surface area contributed by atoms with Crippen molar-refractivity contribution in [2.75, 3.05) is 6.54 Å². The highest BCUT2D eigenvalue weighted by Crippen LogP contribution is 2.48. The second-order valence-corrected chi connectivity index (χ2v) is 5.75. The Morgan fingerprint density at radius 2 is 2.19 bits per heavy atom. The third-order valence-electron chi connectivity index (χ3n) is 3.23. The Morgan fingerprint density at radius 1 is 1.44 bits per heavy atom. The van der Waals surface area contributed by atoms with Crippen LogP contribution in [0.15, 0.2) is 0 Å². The van der Waals surface area contributed by atoms with Crippen LogP contribution in [0, 0.1) is 0 Å². The van der Waals surface area contributed by atoms with Crippen LogP contribution in [0.1, 0.15) is 43.4 Å². The quantitative estimate of drug-likeness (QED) is 0.873. The van der Waals surface area contributed by atoms with Gasteiger partial charge in [-0.1, -0.05) is 25.2 Å². The fourth-order valence-electron chi connectivity index (χ4n) is 1.86. The molecule has 0 atom stereocenters. The predicted molar refractivity (Wildman–Crippen MR) is 62.7 cm³/mol. The number of nitrogens with zero attached hydrogens (tertiary/aromatic N) is 4. The number of nitrogens with two attached hydrogens (primary N) is 1. The van der Waals surface area contributed by atoms with Crippen molar-refractivity contribution < 1.29 is 0 Å². The van der Waals surface area contributed by atoms with Crippen LogP contribution in [0.2, 0.25) is 0 Å². The molecule has 3 rings (SSSR count). The normalized spacial score (nSPS) is 18.5. The number of fused-ring (bicyclic) bond motifs is 1. The molecule has 0 unspecified atom stereocenters. The van der Waals surface area contributed by atoms with Gasteiger partial charge in [0.25, 0.3) is 0 Å². The smallest absolute Gasteiger partial charge is 0.234 e. The highest BCUT2D eigenvalue weighted by molar-refractivity contribution is 7.16. The SMILES string of the molecule is CC(C)c1nnc2sc(C3(CN)CC3)nn12. The highest BCUT2D eigenvalue weighted by atomic mass is 32.1. The van der Waals surface area contributed by atoms with Gasteiger partial charge < -0.3 is 5.73 Å². The highest BCUT2D eigenvalue weighted by Gasteiger charge is 2.46. The van der Waals surface area contributed by atoms with Crippen LogP contribution >= 0.6 is 11.3 Å². The summed E-state index contributed by atoms with van der Waals surface area (Å²) >= 11 is 1.63. The molecule has 5 nitrogen and oxygen atoms in total. The molecular weight excluding hydrogens is 222 g/mol. The van der Waals surface area contributed by atoms with Crippen molar-refractivity contribution >= 4 is 16.3 Å². The van der Waals surface area contributed by atoms with E-state index in [0.717, 1.165) is 28.6 Å². The minimum absolute atomic E-state index is 0.152. The van der Waals surface area contributed by atoms with Gasteiger partial charge in [-0.05, 0) is 12.8 Å². The maximum Gasteiger partial charge on any atom is 0.234 e. The average Bonchev–Trinajstić information content (AvgIpc) is 2.77. The van der Waals surface area contributed by atoms with Crippen molar-refractivity contribution in [3.05, 3.63) is 10.8 Å². The van der Waals surface area contributed by atoms with Gasteiger partial charge in [-0.15, -0.1) is 10.2 Å². The largest absolute Gasteiger partial charge is 0.329 e. The van der Waals surface area contributed by atoms with Crippen LogP contribution in [-0.2, 0) is 5.41 Å². The zero-order valence-corrected chi connectivity index (χ0v) is 10.3. The summed E-state index contributed by atoms with van der Waals surface area (Å²) in [6.07, 6.45) is 2.31. The van der Waals surface area contributed by atoms with Crippen molar-refractivity contribution in [2.45, 2.75) is 38.0 Å². The van der Waals surface area contributed by atoms with Crippen molar-refractivity contribution in [3.63, 3.8) is 0 Å². The van der Waals surface area contributed by atoms with Gasteiger partial charge in [0.15, 0.2) is 5.82 Å². The van der Waals surface area contributed by atoms with E-state index in [-0.39, 0.29) is 5.41 Å². The van der Waals surface area contributed by atoms with E-state index in [1.807, 2.05) is 4.52 Å². The molecule has 0 spiro atoms. The van der Waals surface area contributed by atoms with Gasteiger partial charge in [0.2, 0.25) is 4.96 Å². The van der Waals surface area contributed by atoms with Crippen LogP contribution in [0.25, 0.3) is 4.96 Å². The molecule has 0 aromatic carbocycles. The molecular formula is C10H15N5S. The summed E-state index contributed by atoms with van der Waals surface area (Å²) in [5.41, 5.74) is 5.96. The monoisotopic (exact) mass is 237 g/mol. The fourth-order valence-corrected chi connectivity index (χ4v) is 2.96. The Morgan fingerprint density at radius 3 is 2.75 bits per heavy atom. The summed E-state index contributed by atoms with van der Waals surface area (Å²) in [6, 6.07) is 0.